The van der Waals surface area contributed by atoms with Gasteiger partial charge in [0, 0.05) is 10.6 Å². The first kappa shape index (κ1) is 14.0. The number of methoxy groups -OCH3 is 1. The minimum atomic E-state index is -0.594. The topological polar surface area (TPSA) is 46.6 Å². The Labute approximate surface area is 114 Å². The molecule has 1 rings (SSSR count). The van der Waals surface area contributed by atoms with Crippen LogP contribution in [0.1, 0.15) is 17.3 Å². The van der Waals surface area contributed by atoms with Crippen molar-refractivity contribution in [3.8, 4) is 0 Å². The molecular weight excluding hydrogens is 333 g/mol. The van der Waals surface area contributed by atoms with Crippen LogP contribution in [0.15, 0.2) is 24.3 Å². The van der Waals surface area contributed by atoms with E-state index in [1.165, 1.54) is 12.0 Å². The molecule has 0 unspecified atom stereocenters. The zero-order valence-electron chi connectivity index (χ0n) is 9.94. The molecule has 5 heteroatoms. The van der Waals surface area contributed by atoms with Crippen LogP contribution in [0, 0.1) is 3.57 Å². The largest absolute Gasteiger partial charge is 0.467 e. The maximum Gasteiger partial charge on any atom is 0.328 e. The Morgan fingerprint density at radius 1 is 1.35 bits per heavy atom. The number of carbonyl (C=O) groups excluding carboxylic acids is 2. The first-order valence-electron chi connectivity index (χ1n) is 5.08. The number of halogens is 1. The number of carbonyl (C=O) groups is 2. The monoisotopic (exact) mass is 347 g/mol. The molecule has 0 aliphatic heterocycles. The Hall–Kier alpha value is -1.11. The number of ether oxygens (including phenoxy) is 1. The van der Waals surface area contributed by atoms with Crippen LogP contribution >= 0.6 is 22.6 Å². The van der Waals surface area contributed by atoms with Crippen molar-refractivity contribution in [1.29, 1.82) is 0 Å². The van der Waals surface area contributed by atoms with Crippen LogP contribution in [0.2, 0.25) is 0 Å². The molecule has 1 atom stereocenters. The van der Waals surface area contributed by atoms with E-state index in [2.05, 4.69) is 27.3 Å². The molecule has 0 aromatic heterocycles. The molecule has 0 bridgehead atoms. The van der Waals surface area contributed by atoms with Crippen molar-refractivity contribution in [2.75, 3.05) is 14.2 Å². The van der Waals surface area contributed by atoms with Crippen LogP contribution in [0.4, 0.5) is 0 Å². The molecule has 0 saturated heterocycles. The summed E-state index contributed by atoms with van der Waals surface area (Å²) in [6, 6.07) is 6.66. The third-order valence-electron chi connectivity index (χ3n) is 2.55. The number of hydrogen-bond donors (Lipinski definition) is 0. The van der Waals surface area contributed by atoms with Gasteiger partial charge in [-0.1, -0.05) is 12.1 Å². The predicted octanol–water partition coefficient (Wildman–Crippen LogP) is 1.92. The summed E-state index contributed by atoms with van der Waals surface area (Å²) in [5.41, 5.74) is 0.589. The zero-order chi connectivity index (χ0) is 13.0. The summed E-state index contributed by atoms with van der Waals surface area (Å²) in [6.45, 7) is 1.64. The third kappa shape index (κ3) is 3.18. The highest BCUT2D eigenvalue weighted by Gasteiger charge is 2.24. The third-order valence-corrected chi connectivity index (χ3v) is 3.49. The van der Waals surface area contributed by atoms with Gasteiger partial charge in [-0.05, 0) is 41.6 Å². The molecule has 17 heavy (non-hydrogen) atoms. The summed E-state index contributed by atoms with van der Waals surface area (Å²) in [5.74, 6) is -0.611. The lowest BCUT2D eigenvalue weighted by Crippen LogP contribution is -2.41. The first-order valence-corrected chi connectivity index (χ1v) is 6.16. The lowest BCUT2D eigenvalue weighted by atomic mass is 10.2. The highest BCUT2D eigenvalue weighted by molar-refractivity contribution is 14.1. The summed E-state index contributed by atoms with van der Waals surface area (Å²) in [5, 5.41) is 0. The van der Waals surface area contributed by atoms with Gasteiger partial charge in [0.05, 0.1) is 12.7 Å². The van der Waals surface area contributed by atoms with E-state index in [9.17, 15) is 9.59 Å². The maximum absolute atomic E-state index is 12.1. The number of hydrogen-bond acceptors (Lipinski definition) is 3. The Morgan fingerprint density at radius 2 is 1.94 bits per heavy atom. The molecule has 4 nitrogen and oxygen atoms in total. The van der Waals surface area contributed by atoms with E-state index in [1.807, 2.05) is 12.1 Å². The molecule has 0 spiro atoms. The van der Waals surface area contributed by atoms with Crippen molar-refractivity contribution in [3.63, 3.8) is 0 Å². The van der Waals surface area contributed by atoms with Gasteiger partial charge in [0.25, 0.3) is 5.91 Å². The maximum atomic E-state index is 12.1. The molecule has 0 heterocycles. The van der Waals surface area contributed by atoms with Gasteiger partial charge in [-0.15, -0.1) is 0 Å². The summed E-state index contributed by atoms with van der Waals surface area (Å²) in [6.07, 6.45) is 0. The first-order chi connectivity index (χ1) is 7.99. The molecule has 1 aromatic carbocycles. The van der Waals surface area contributed by atoms with Gasteiger partial charge in [-0.2, -0.15) is 0 Å². The molecule has 0 fully saturated rings. The standard InChI is InChI=1S/C12H14INO3/c1-8(12(16)17-3)14(2)11(15)9-6-4-5-7-10(9)13/h4-8H,1-3H3/t8-/m1/s1. The van der Waals surface area contributed by atoms with Crippen molar-refractivity contribution in [1.82, 2.24) is 4.90 Å². The van der Waals surface area contributed by atoms with E-state index >= 15 is 0 Å². The molecule has 0 N–H and O–H groups in total. The van der Waals surface area contributed by atoms with Gasteiger partial charge < -0.3 is 9.64 Å². The minimum Gasteiger partial charge on any atom is -0.467 e. The van der Waals surface area contributed by atoms with E-state index < -0.39 is 12.0 Å². The van der Waals surface area contributed by atoms with Crippen molar-refractivity contribution in [2.24, 2.45) is 0 Å². The SMILES string of the molecule is COC(=O)[C@@H](C)N(C)C(=O)c1ccccc1I. The van der Waals surface area contributed by atoms with Crippen LogP contribution in [0.3, 0.4) is 0 Å². The van der Waals surface area contributed by atoms with Crippen LogP contribution in [0.25, 0.3) is 0 Å². The number of likely N-dealkylation sites (N-methyl/N-ethyl adjacent to an activating group) is 1. The van der Waals surface area contributed by atoms with Crippen LogP contribution in [-0.4, -0.2) is 37.0 Å². The number of rotatable bonds is 3. The number of benzene rings is 1. The molecule has 0 saturated carbocycles. The van der Waals surface area contributed by atoms with E-state index in [0.717, 1.165) is 3.57 Å². The summed E-state index contributed by atoms with van der Waals surface area (Å²) < 4.78 is 5.47. The Kier molecular flexibility index (Phi) is 4.92. The van der Waals surface area contributed by atoms with Gasteiger partial charge in [0.2, 0.25) is 0 Å². The number of nitrogens with zero attached hydrogens (tertiary/aromatic N) is 1. The van der Waals surface area contributed by atoms with E-state index in [0.29, 0.717) is 5.56 Å². The fourth-order valence-corrected chi connectivity index (χ4v) is 1.95. The lowest BCUT2D eigenvalue weighted by Gasteiger charge is -2.23. The quantitative estimate of drug-likeness (QED) is 0.620. The summed E-state index contributed by atoms with van der Waals surface area (Å²) >= 11 is 2.10. The predicted molar refractivity (Wildman–Crippen MR) is 72.7 cm³/mol. The second kappa shape index (κ2) is 6.00. The molecule has 1 amide bonds. The van der Waals surface area contributed by atoms with Crippen LogP contribution in [-0.2, 0) is 9.53 Å². The average molecular weight is 347 g/mol. The molecule has 0 radical (unpaired) electrons. The van der Waals surface area contributed by atoms with Crippen molar-refractivity contribution in [2.45, 2.75) is 13.0 Å². The number of esters is 1. The second-order valence-corrected chi connectivity index (χ2v) is 4.76. The van der Waals surface area contributed by atoms with E-state index in [4.69, 9.17) is 0 Å². The van der Waals surface area contributed by atoms with E-state index in [1.54, 1.807) is 26.1 Å². The van der Waals surface area contributed by atoms with Gasteiger partial charge in [0.1, 0.15) is 6.04 Å². The second-order valence-electron chi connectivity index (χ2n) is 3.60. The smallest absolute Gasteiger partial charge is 0.328 e. The average Bonchev–Trinajstić information content (AvgIpc) is 2.35. The van der Waals surface area contributed by atoms with Crippen LogP contribution < -0.4 is 0 Å². The van der Waals surface area contributed by atoms with Crippen molar-refractivity contribution >= 4 is 34.5 Å². The van der Waals surface area contributed by atoms with E-state index in [-0.39, 0.29) is 5.91 Å². The highest BCUT2D eigenvalue weighted by atomic mass is 127. The normalized spacial score (nSPS) is 11.8. The fourth-order valence-electron chi connectivity index (χ4n) is 1.33. The summed E-state index contributed by atoms with van der Waals surface area (Å²) in [7, 11) is 2.90. The number of amides is 1. The Morgan fingerprint density at radius 3 is 2.47 bits per heavy atom. The van der Waals surface area contributed by atoms with Gasteiger partial charge >= 0.3 is 5.97 Å². The highest BCUT2D eigenvalue weighted by Crippen LogP contribution is 2.14. The molecular formula is C12H14INO3. The van der Waals surface area contributed by atoms with Gasteiger partial charge in [-0.3, -0.25) is 4.79 Å². The molecule has 0 aliphatic carbocycles. The van der Waals surface area contributed by atoms with Crippen molar-refractivity contribution in [3.05, 3.63) is 33.4 Å². The molecule has 1 aromatic rings. The van der Waals surface area contributed by atoms with Crippen LogP contribution in [0.5, 0.6) is 0 Å². The lowest BCUT2D eigenvalue weighted by molar-refractivity contribution is -0.144. The fraction of sp³-hybridized carbons (Fsp3) is 0.333. The molecule has 92 valence electrons. The van der Waals surface area contributed by atoms with Gasteiger partial charge in [0.15, 0.2) is 0 Å². The zero-order valence-corrected chi connectivity index (χ0v) is 12.1. The summed E-state index contributed by atoms with van der Waals surface area (Å²) in [4.78, 5) is 24.9. The minimum absolute atomic E-state index is 0.187. The Balaban J connectivity index is 2.91. The van der Waals surface area contributed by atoms with Crippen molar-refractivity contribution < 1.29 is 14.3 Å². The molecule has 0 aliphatic rings. The Bertz CT molecular complexity index is 434. The van der Waals surface area contributed by atoms with Gasteiger partial charge in [-0.25, -0.2) is 4.79 Å².